The summed E-state index contributed by atoms with van der Waals surface area (Å²) in [7, 11) is 0. The fourth-order valence-electron chi connectivity index (χ4n) is 2.85. The molecule has 2 aromatic heterocycles. The van der Waals surface area contributed by atoms with Crippen molar-refractivity contribution < 1.29 is 9.21 Å². The minimum Gasteiger partial charge on any atom is -0.467 e. The molecule has 0 atom stereocenters. The lowest BCUT2D eigenvalue weighted by Gasteiger charge is -2.33. The first-order valence-electron chi connectivity index (χ1n) is 8.72. The number of carbonyl (C=O) groups is 1. The molecule has 1 N–H and O–H groups in total. The first-order chi connectivity index (χ1) is 11.9. The van der Waals surface area contributed by atoms with Crippen molar-refractivity contribution in [3.63, 3.8) is 0 Å². The van der Waals surface area contributed by atoms with Crippen LogP contribution in [0.2, 0.25) is 0 Å². The van der Waals surface area contributed by atoms with E-state index in [0.29, 0.717) is 13.1 Å². The molecule has 1 amide bonds. The van der Waals surface area contributed by atoms with E-state index in [4.69, 9.17) is 4.42 Å². The smallest absolute Gasteiger partial charge is 0.225 e. The summed E-state index contributed by atoms with van der Waals surface area (Å²) in [5, 5.41) is 15.1. The van der Waals surface area contributed by atoms with Crippen molar-refractivity contribution in [2.24, 2.45) is 5.41 Å². The molecule has 1 aliphatic heterocycles. The molecule has 0 bridgehead atoms. The fraction of sp³-hybridized carbons (Fsp3) is 0.647. The third kappa shape index (κ3) is 4.66. The molecule has 1 saturated heterocycles. The second kappa shape index (κ2) is 7.35. The van der Waals surface area contributed by atoms with Gasteiger partial charge in [-0.2, -0.15) is 0 Å². The van der Waals surface area contributed by atoms with Gasteiger partial charge in [0.25, 0.3) is 0 Å². The lowest BCUT2D eigenvalue weighted by atomic mass is 9.94. The van der Waals surface area contributed by atoms with Gasteiger partial charge in [-0.1, -0.05) is 20.8 Å². The van der Waals surface area contributed by atoms with Crippen LogP contribution in [0.3, 0.4) is 0 Å². The summed E-state index contributed by atoms with van der Waals surface area (Å²) in [4.78, 5) is 14.4. The van der Waals surface area contributed by atoms with E-state index in [1.165, 1.54) is 0 Å². The number of nitrogens with zero attached hydrogens (tertiary/aromatic N) is 5. The highest BCUT2D eigenvalue weighted by atomic mass is 16.3. The van der Waals surface area contributed by atoms with E-state index in [1.807, 2.05) is 32.9 Å². The molecule has 0 unspecified atom stereocenters. The zero-order chi connectivity index (χ0) is 17.9. The van der Waals surface area contributed by atoms with E-state index in [-0.39, 0.29) is 17.4 Å². The van der Waals surface area contributed by atoms with Crippen LogP contribution < -0.4 is 5.32 Å². The van der Waals surface area contributed by atoms with Gasteiger partial charge in [-0.15, -0.1) is 5.10 Å². The number of furan rings is 1. The molecule has 3 rings (SSSR count). The maximum Gasteiger partial charge on any atom is 0.225 e. The van der Waals surface area contributed by atoms with Gasteiger partial charge in [-0.3, -0.25) is 9.69 Å². The van der Waals surface area contributed by atoms with Crippen molar-refractivity contribution in [2.45, 2.75) is 52.7 Å². The number of hydrogen-bond acceptors (Lipinski definition) is 6. The third-order valence-corrected chi connectivity index (χ3v) is 4.46. The first-order valence-corrected chi connectivity index (χ1v) is 8.72. The number of carbonyl (C=O) groups excluding carboxylic acids is 1. The number of nitrogens with one attached hydrogen (secondary N) is 1. The van der Waals surface area contributed by atoms with Crippen molar-refractivity contribution >= 4 is 5.91 Å². The number of tetrazole rings is 1. The molecule has 0 spiro atoms. The van der Waals surface area contributed by atoms with Crippen molar-refractivity contribution in [3.8, 4) is 0 Å². The number of hydrogen-bond donors (Lipinski definition) is 1. The van der Waals surface area contributed by atoms with Crippen LogP contribution in [0.15, 0.2) is 22.8 Å². The molecule has 8 nitrogen and oxygen atoms in total. The zero-order valence-electron chi connectivity index (χ0n) is 15.1. The first kappa shape index (κ1) is 17.6. The van der Waals surface area contributed by atoms with Crippen molar-refractivity contribution in [2.75, 3.05) is 13.1 Å². The van der Waals surface area contributed by atoms with Crippen molar-refractivity contribution in [3.05, 3.63) is 30.0 Å². The van der Waals surface area contributed by atoms with Gasteiger partial charge in [0.15, 0.2) is 5.82 Å². The predicted octanol–water partition coefficient (Wildman–Crippen LogP) is 1.44. The van der Waals surface area contributed by atoms with Crippen molar-refractivity contribution in [1.82, 2.24) is 30.4 Å². The van der Waals surface area contributed by atoms with E-state index in [0.717, 1.165) is 37.5 Å². The van der Waals surface area contributed by atoms with Gasteiger partial charge in [-0.05, 0) is 35.4 Å². The maximum absolute atomic E-state index is 12.1. The van der Waals surface area contributed by atoms with Crippen molar-refractivity contribution in [1.29, 1.82) is 0 Å². The Balaban J connectivity index is 1.50. The second-order valence-corrected chi connectivity index (χ2v) is 7.61. The Morgan fingerprint density at radius 3 is 2.72 bits per heavy atom. The quantitative estimate of drug-likeness (QED) is 0.881. The molecule has 0 radical (unpaired) electrons. The topological polar surface area (TPSA) is 89.1 Å². The largest absolute Gasteiger partial charge is 0.467 e. The summed E-state index contributed by atoms with van der Waals surface area (Å²) in [5.74, 6) is 1.78. The van der Waals surface area contributed by atoms with Gasteiger partial charge >= 0.3 is 0 Å². The van der Waals surface area contributed by atoms with Crippen LogP contribution in [0.1, 0.15) is 45.2 Å². The van der Waals surface area contributed by atoms with Crippen LogP contribution in [0.25, 0.3) is 0 Å². The Kier molecular flexibility index (Phi) is 5.17. The standard InChI is InChI=1S/C17H26N6O2/c1-17(2,3)16(24)18-13-6-8-22(9-7-13)12-15-19-20-21-23(15)11-14-5-4-10-25-14/h4-5,10,13H,6-9,11-12H2,1-3H3,(H,18,24). The summed E-state index contributed by atoms with van der Waals surface area (Å²) in [6.07, 6.45) is 3.54. The van der Waals surface area contributed by atoms with Crippen LogP contribution in [-0.4, -0.2) is 50.1 Å². The molecule has 0 aromatic carbocycles. The summed E-state index contributed by atoms with van der Waals surface area (Å²) in [6.45, 7) is 8.90. The summed E-state index contributed by atoms with van der Waals surface area (Å²) in [6, 6.07) is 4.02. The Labute approximate surface area is 147 Å². The number of rotatable bonds is 5. The Bertz CT molecular complexity index is 680. The van der Waals surface area contributed by atoms with E-state index >= 15 is 0 Å². The molecule has 25 heavy (non-hydrogen) atoms. The summed E-state index contributed by atoms with van der Waals surface area (Å²) < 4.78 is 7.13. The lowest BCUT2D eigenvalue weighted by Crippen LogP contribution is -2.47. The van der Waals surface area contributed by atoms with Gasteiger partial charge in [-0.25, -0.2) is 4.68 Å². The highest BCUT2D eigenvalue weighted by molar-refractivity contribution is 5.81. The highest BCUT2D eigenvalue weighted by Gasteiger charge is 2.27. The van der Waals surface area contributed by atoms with Crippen LogP contribution in [-0.2, 0) is 17.9 Å². The molecule has 1 aliphatic rings. The SMILES string of the molecule is CC(C)(C)C(=O)NC1CCN(Cc2nnnn2Cc2ccco2)CC1. The zero-order valence-corrected chi connectivity index (χ0v) is 15.1. The molecule has 1 fully saturated rings. The van der Waals surface area contributed by atoms with Gasteiger partial charge in [0, 0.05) is 24.5 Å². The lowest BCUT2D eigenvalue weighted by molar-refractivity contribution is -0.129. The van der Waals surface area contributed by atoms with Crippen LogP contribution in [0, 0.1) is 5.41 Å². The van der Waals surface area contributed by atoms with E-state index < -0.39 is 0 Å². The molecule has 0 saturated carbocycles. The average Bonchev–Trinajstić information content (AvgIpc) is 3.21. The minimum absolute atomic E-state index is 0.119. The molecular weight excluding hydrogens is 320 g/mol. The number of amides is 1. The van der Waals surface area contributed by atoms with Gasteiger partial charge in [0.05, 0.1) is 12.8 Å². The Morgan fingerprint density at radius 2 is 2.08 bits per heavy atom. The fourth-order valence-corrected chi connectivity index (χ4v) is 2.85. The number of likely N-dealkylation sites (tertiary alicyclic amines) is 1. The summed E-state index contributed by atoms with van der Waals surface area (Å²) in [5.41, 5.74) is -0.342. The summed E-state index contributed by atoms with van der Waals surface area (Å²) >= 11 is 0. The van der Waals surface area contributed by atoms with E-state index in [9.17, 15) is 4.79 Å². The van der Waals surface area contributed by atoms with Crippen LogP contribution in [0.5, 0.6) is 0 Å². The normalized spacial score (nSPS) is 16.9. The monoisotopic (exact) mass is 346 g/mol. The average molecular weight is 346 g/mol. The minimum atomic E-state index is -0.342. The Hall–Kier alpha value is -2.22. The third-order valence-electron chi connectivity index (χ3n) is 4.46. The maximum atomic E-state index is 12.1. The molecule has 136 valence electrons. The second-order valence-electron chi connectivity index (χ2n) is 7.61. The Morgan fingerprint density at radius 1 is 1.32 bits per heavy atom. The molecule has 8 heteroatoms. The van der Waals surface area contributed by atoms with Gasteiger partial charge in [0.2, 0.25) is 5.91 Å². The molecule has 2 aromatic rings. The highest BCUT2D eigenvalue weighted by Crippen LogP contribution is 2.17. The molecule has 3 heterocycles. The van der Waals surface area contributed by atoms with Gasteiger partial charge < -0.3 is 9.73 Å². The van der Waals surface area contributed by atoms with Gasteiger partial charge in [0.1, 0.15) is 12.3 Å². The number of piperidine rings is 1. The van der Waals surface area contributed by atoms with Crippen LogP contribution >= 0.6 is 0 Å². The predicted molar refractivity (Wildman–Crippen MR) is 91.5 cm³/mol. The van der Waals surface area contributed by atoms with E-state index in [1.54, 1.807) is 10.9 Å². The molecule has 0 aliphatic carbocycles. The number of aromatic nitrogens is 4. The van der Waals surface area contributed by atoms with Crippen LogP contribution in [0.4, 0.5) is 0 Å². The van der Waals surface area contributed by atoms with E-state index in [2.05, 4.69) is 25.7 Å². The molecular formula is C17H26N6O2.